The first-order valence-electron chi connectivity index (χ1n) is 2.56. The predicted molar refractivity (Wildman–Crippen MR) is 37.1 cm³/mol. The van der Waals surface area contributed by atoms with Crippen LogP contribution in [0.15, 0.2) is 11.4 Å². The molecule has 0 fully saturated rings. The van der Waals surface area contributed by atoms with Gasteiger partial charge in [0.2, 0.25) is 0 Å². The summed E-state index contributed by atoms with van der Waals surface area (Å²) in [5.41, 5.74) is 1.33. The first-order valence-corrected chi connectivity index (χ1v) is 3.44. The molecule has 0 N–H and O–H groups in total. The molecule has 0 aliphatic carbocycles. The molecule has 1 rings (SSSR count). The summed E-state index contributed by atoms with van der Waals surface area (Å²) in [6.45, 7) is 4.04. The molecule has 0 aromatic carbocycles. The third-order valence-corrected chi connectivity index (χ3v) is 2.12. The Balaban J connectivity index is 2.92. The second-order valence-corrected chi connectivity index (χ2v) is 2.60. The van der Waals surface area contributed by atoms with Crippen molar-refractivity contribution in [1.29, 1.82) is 0 Å². The highest BCUT2D eigenvalue weighted by molar-refractivity contribution is 7.10. The van der Waals surface area contributed by atoms with Crippen molar-refractivity contribution in [2.75, 3.05) is 0 Å². The number of hydrogen-bond acceptors (Lipinski definition) is 1. The number of aryl methyl sites for hydroxylation is 1. The van der Waals surface area contributed by atoms with E-state index >= 15 is 0 Å². The molecule has 0 atom stereocenters. The number of thiophene rings is 1. The zero-order chi connectivity index (χ0) is 5.98. The van der Waals surface area contributed by atoms with Gasteiger partial charge in [-0.2, -0.15) is 0 Å². The van der Waals surface area contributed by atoms with Gasteiger partial charge in [0.1, 0.15) is 0 Å². The van der Waals surface area contributed by atoms with E-state index in [-0.39, 0.29) is 0 Å². The van der Waals surface area contributed by atoms with E-state index in [9.17, 15) is 0 Å². The summed E-state index contributed by atoms with van der Waals surface area (Å²) < 4.78 is 0. The Hall–Kier alpha value is -0.300. The summed E-state index contributed by atoms with van der Waals surface area (Å²) in [7, 11) is 0. The van der Waals surface area contributed by atoms with Gasteiger partial charge in [-0.1, -0.05) is 6.92 Å². The molecule has 42 valence electrons. The molecular weight excluding hydrogens is 116 g/mol. The van der Waals surface area contributed by atoms with E-state index in [0.29, 0.717) is 0 Å². The highest BCUT2D eigenvalue weighted by atomic mass is 32.1. The van der Waals surface area contributed by atoms with Crippen LogP contribution in [0.4, 0.5) is 0 Å². The van der Waals surface area contributed by atoms with Gasteiger partial charge in [-0.3, -0.25) is 0 Å². The fourth-order valence-electron chi connectivity index (χ4n) is 0.629. The third-order valence-electron chi connectivity index (χ3n) is 1.09. The first kappa shape index (κ1) is 5.83. The SMILES string of the molecule is C[C]c1sccc1C. The third kappa shape index (κ3) is 0.920. The zero-order valence-electron chi connectivity index (χ0n) is 5.06. The first-order chi connectivity index (χ1) is 3.84. The van der Waals surface area contributed by atoms with Gasteiger partial charge < -0.3 is 0 Å². The molecule has 0 amide bonds. The van der Waals surface area contributed by atoms with Crippen LogP contribution in [0.2, 0.25) is 0 Å². The van der Waals surface area contributed by atoms with Crippen LogP contribution in [0.1, 0.15) is 17.4 Å². The monoisotopic (exact) mass is 124 g/mol. The maximum atomic E-state index is 3.09. The second kappa shape index (κ2) is 2.31. The molecule has 0 bridgehead atoms. The summed E-state index contributed by atoms with van der Waals surface area (Å²) in [5.74, 6) is 0. The molecule has 0 saturated heterocycles. The van der Waals surface area contributed by atoms with Crippen molar-refractivity contribution in [2.24, 2.45) is 0 Å². The van der Waals surface area contributed by atoms with E-state index in [1.54, 1.807) is 11.3 Å². The van der Waals surface area contributed by atoms with Crippen LogP contribution in [0.25, 0.3) is 0 Å². The van der Waals surface area contributed by atoms with Crippen LogP contribution >= 0.6 is 11.3 Å². The molecule has 1 heteroatoms. The lowest BCUT2D eigenvalue weighted by atomic mass is 10.2. The molecule has 0 saturated carbocycles. The Morgan fingerprint density at radius 1 is 1.62 bits per heavy atom. The molecule has 1 aromatic heterocycles. The molecule has 0 spiro atoms. The topological polar surface area (TPSA) is 0 Å². The molecule has 2 radical (unpaired) electrons. The lowest BCUT2D eigenvalue weighted by molar-refractivity contribution is 1.41. The van der Waals surface area contributed by atoms with Crippen LogP contribution in [-0.4, -0.2) is 0 Å². The molecule has 1 heterocycles. The lowest BCUT2D eigenvalue weighted by Gasteiger charge is -1.86. The van der Waals surface area contributed by atoms with Crippen molar-refractivity contribution in [3.63, 3.8) is 0 Å². The fraction of sp³-hybridized carbons (Fsp3) is 0.286. The smallest absolute Gasteiger partial charge is 0.0244 e. The molecule has 0 aliphatic rings. The van der Waals surface area contributed by atoms with Gasteiger partial charge in [0, 0.05) is 11.3 Å². The Kier molecular flexibility index (Phi) is 1.69. The van der Waals surface area contributed by atoms with Gasteiger partial charge in [0.15, 0.2) is 0 Å². The molecule has 0 aliphatic heterocycles. The molecule has 8 heavy (non-hydrogen) atoms. The average Bonchev–Trinajstić information content (AvgIpc) is 2.14. The highest BCUT2D eigenvalue weighted by Crippen LogP contribution is 2.16. The van der Waals surface area contributed by atoms with Crippen LogP contribution in [0, 0.1) is 13.3 Å². The summed E-state index contributed by atoms with van der Waals surface area (Å²) in [6, 6.07) is 2.11. The quantitative estimate of drug-likeness (QED) is 0.539. The van der Waals surface area contributed by atoms with Gasteiger partial charge in [-0.15, -0.1) is 11.3 Å². The lowest BCUT2D eigenvalue weighted by Crippen LogP contribution is -1.69. The normalized spacial score (nSPS) is 9.75. The number of hydrogen-bond donors (Lipinski definition) is 0. The Labute approximate surface area is 54.2 Å². The van der Waals surface area contributed by atoms with E-state index in [4.69, 9.17) is 0 Å². The maximum Gasteiger partial charge on any atom is 0.0244 e. The van der Waals surface area contributed by atoms with Crippen molar-refractivity contribution < 1.29 is 0 Å². The maximum absolute atomic E-state index is 3.09. The summed E-state index contributed by atoms with van der Waals surface area (Å²) >= 11 is 1.74. The Morgan fingerprint density at radius 2 is 2.38 bits per heavy atom. The molecule has 0 unspecified atom stereocenters. The standard InChI is InChI=1S/C7H8S/c1-3-7-6(2)4-5-8-7/h4-5H,1-2H3. The summed E-state index contributed by atoms with van der Waals surface area (Å²) in [4.78, 5) is 1.27. The van der Waals surface area contributed by atoms with Gasteiger partial charge in [0.25, 0.3) is 0 Å². The van der Waals surface area contributed by atoms with Gasteiger partial charge >= 0.3 is 0 Å². The van der Waals surface area contributed by atoms with Crippen LogP contribution in [-0.2, 0) is 0 Å². The largest absolute Gasteiger partial charge is 0.148 e. The highest BCUT2D eigenvalue weighted by Gasteiger charge is 1.93. The second-order valence-electron chi connectivity index (χ2n) is 1.68. The van der Waals surface area contributed by atoms with E-state index in [0.717, 1.165) is 0 Å². The predicted octanol–water partition coefficient (Wildman–Crippen LogP) is 2.51. The molecular formula is C7H8S. The number of rotatable bonds is 1. The fourth-order valence-corrected chi connectivity index (χ4v) is 1.41. The minimum absolute atomic E-state index is 1.27. The van der Waals surface area contributed by atoms with E-state index in [1.807, 2.05) is 6.92 Å². The zero-order valence-corrected chi connectivity index (χ0v) is 5.88. The molecule has 0 nitrogen and oxygen atoms in total. The van der Waals surface area contributed by atoms with Crippen LogP contribution in [0.3, 0.4) is 0 Å². The Morgan fingerprint density at radius 3 is 2.62 bits per heavy atom. The van der Waals surface area contributed by atoms with Crippen LogP contribution < -0.4 is 0 Å². The van der Waals surface area contributed by atoms with E-state index in [1.165, 1.54) is 10.4 Å². The van der Waals surface area contributed by atoms with Crippen molar-refractivity contribution in [2.45, 2.75) is 13.8 Å². The average molecular weight is 124 g/mol. The van der Waals surface area contributed by atoms with Gasteiger partial charge in [-0.25, -0.2) is 0 Å². The van der Waals surface area contributed by atoms with Gasteiger partial charge in [-0.05, 0) is 23.9 Å². The minimum atomic E-state index is 1.27. The van der Waals surface area contributed by atoms with Crippen molar-refractivity contribution in [1.82, 2.24) is 0 Å². The summed E-state index contributed by atoms with van der Waals surface area (Å²) in [6.07, 6.45) is 3.09. The van der Waals surface area contributed by atoms with E-state index in [2.05, 4.69) is 24.8 Å². The summed E-state index contributed by atoms with van der Waals surface area (Å²) in [5, 5.41) is 2.08. The van der Waals surface area contributed by atoms with Gasteiger partial charge in [0.05, 0.1) is 0 Å². The van der Waals surface area contributed by atoms with E-state index < -0.39 is 0 Å². The Bertz CT molecular complexity index is 165. The van der Waals surface area contributed by atoms with Crippen LogP contribution in [0.5, 0.6) is 0 Å². The minimum Gasteiger partial charge on any atom is -0.148 e. The molecule has 1 aromatic rings. The van der Waals surface area contributed by atoms with Crippen molar-refractivity contribution in [3.05, 3.63) is 28.3 Å². The van der Waals surface area contributed by atoms with Crippen molar-refractivity contribution in [3.8, 4) is 0 Å². The van der Waals surface area contributed by atoms with Crippen molar-refractivity contribution >= 4 is 11.3 Å².